The van der Waals surface area contributed by atoms with Gasteiger partial charge in [-0.1, -0.05) is 5.92 Å². The van der Waals surface area contributed by atoms with E-state index in [0.29, 0.717) is 5.56 Å². The van der Waals surface area contributed by atoms with Gasteiger partial charge in [-0.25, -0.2) is 0 Å². The number of halogens is 4. The summed E-state index contributed by atoms with van der Waals surface area (Å²) in [5, 5.41) is 0. The molecular weight excluding hydrogens is 378 g/mol. The Hall–Kier alpha value is -1.55. The van der Waals surface area contributed by atoms with Gasteiger partial charge in [-0.15, -0.1) is 0 Å². The number of aromatic nitrogens is 1. The van der Waals surface area contributed by atoms with Gasteiger partial charge in [0, 0.05) is 23.6 Å². The lowest BCUT2D eigenvalue weighted by Gasteiger charge is -2.05. The Bertz CT molecular complexity index is 637. The lowest BCUT2D eigenvalue weighted by molar-refractivity contribution is -0.673. The van der Waals surface area contributed by atoms with Gasteiger partial charge in [0.2, 0.25) is 0 Å². The molecule has 0 aliphatic rings. The molecular formula is C15H11F3IN. The average Bonchev–Trinajstić information content (AvgIpc) is 2.37. The smallest absolute Gasteiger partial charge is 0.416 e. The lowest BCUT2D eigenvalue weighted by Crippen LogP contribution is -3.00. The molecule has 1 nitrogen and oxygen atoms in total. The number of pyridine rings is 1. The molecule has 2 aromatic rings. The van der Waals surface area contributed by atoms with E-state index in [2.05, 4.69) is 11.8 Å². The largest absolute Gasteiger partial charge is 1.00 e. The van der Waals surface area contributed by atoms with Crippen molar-refractivity contribution in [1.82, 2.24) is 0 Å². The van der Waals surface area contributed by atoms with E-state index in [4.69, 9.17) is 0 Å². The Kier molecular flexibility index (Phi) is 5.57. The van der Waals surface area contributed by atoms with Crippen LogP contribution in [0, 0.1) is 11.8 Å². The number of aryl methyl sites for hydroxylation is 1. The zero-order valence-corrected chi connectivity index (χ0v) is 12.7. The van der Waals surface area contributed by atoms with Crippen LogP contribution in [0.1, 0.15) is 16.8 Å². The molecule has 1 heterocycles. The number of hydrogen-bond acceptors (Lipinski definition) is 0. The molecule has 1 aromatic carbocycles. The summed E-state index contributed by atoms with van der Waals surface area (Å²) in [5.41, 5.74) is 0.683. The quantitative estimate of drug-likeness (QED) is 0.338. The first-order chi connectivity index (χ1) is 8.97. The molecule has 0 bridgehead atoms. The minimum Gasteiger partial charge on any atom is -1.00 e. The highest BCUT2D eigenvalue weighted by molar-refractivity contribution is 5.40. The van der Waals surface area contributed by atoms with Crippen molar-refractivity contribution in [3.8, 4) is 11.8 Å². The molecule has 0 atom stereocenters. The molecule has 0 radical (unpaired) electrons. The fourth-order valence-corrected chi connectivity index (χ4v) is 1.53. The van der Waals surface area contributed by atoms with Gasteiger partial charge in [0.05, 0.1) is 5.56 Å². The van der Waals surface area contributed by atoms with E-state index < -0.39 is 11.7 Å². The fourth-order valence-electron chi connectivity index (χ4n) is 1.53. The maximum absolute atomic E-state index is 12.4. The van der Waals surface area contributed by atoms with Crippen molar-refractivity contribution in [1.29, 1.82) is 0 Å². The third-order valence-corrected chi connectivity index (χ3v) is 2.60. The van der Waals surface area contributed by atoms with Crippen LogP contribution in [0.2, 0.25) is 0 Å². The standard InChI is InChI=1S/C15H11F3N.HI/c1-19-11-3-2-4-14(19)10-7-12-5-8-13(9-6-12)15(16,17)18;/h2-6,8-9,11H,1H3;1H/q+1;/p-1. The van der Waals surface area contributed by atoms with E-state index in [1.165, 1.54) is 12.1 Å². The second kappa shape index (κ2) is 6.75. The Morgan fingerprint density at radius 1 is 0.950 bits per heavy atom. The van der Waals surface area contributed by atoms with Gasteiger partial charge in [-0.3, -0.25) is 0 Å². The van der Waals surface area contributed by atoms with Crippen LogP contribution in [0.15, 0.2) is 48.7 Å². The Morgan fingerprint density at radius 3 is 2.15 bits per heavy atom. The van der Waals surface area contributed by atoms with Crippen LogP contribution in [-0.2, 0) is 13.2 Å². The topological polar surface area (TPSA) is 3.88 Å². The first-order valence-electron chi connectivity index (χ1n) is 5.61. The van der Waals surface area contributed by atoms with Crippen molar-refractivity contribution in [2.75, 3.05) is 0 Å². The molecule has 0 aliphatic carbocycles. The minimum absolute atomic E-state index is 0. The summed E-state index contributed by atoms with van der Waals surface area (Å²) < 4.78 is 39.0. The molecule has 0 fully saturated rings. The summed E-state index contributed by atoms with van der Waals surface area (Å²) in [4.78, 5) is 0. The molecule has 20 heavy (non-hydrogen) atoms. The Morgan fingerprint density at radius 2 is 1.60 bits per heavy atom. The van der Waals surface area contributed by atoms with Crippen molar-refractivity contribution < 1.29 is 41.7 Å². The molecule has 0 saturated heterocycles. The predicted molar refractivity (Wildman–Crippen MR) is 65.0 cm³/mol. The van der Waals surface area contributed by atoms with Crippen molar-refractivity contribution in [2.24, 2.45) is 7.05 Å². The summed E-state index contributed by atoms with van der Waals surface area (Å²) >= 11 is 0. The van der Waals surface area contributed by atoms with Gasteiger partial charge in [-0.05, 0) is 30.3 Å². The van der Waals surface area contributed by atoms with E-state index in [9.17, 15) is 13.2 Å². The molecule has 0 unspecified atom stereocenters. The molecule has 0 spiro atoms. The Balaban J connectivity index is 0.00000200. The van der Waals surface area contributed by atoms with Gasteiger partial charge in [-0.2, -0.15) is 17.7 Å². The maximum atomic E-state index is 12.4. The number of rotatable bonds is 0. The second-order valence-corrected chi connectivity index (χ2v) is 4.02. The third-order valence-electron chi connectivity index (χ3n) is 2.60. The van der Waals surface area contributed by atoms with E-state index >= 15 is 0 Å². The highest BCUT2D eigenvalue weighted by atomic mass is 127. The first kappa shape index (κ1) is 16.5. The van der Waals surface area contributed by atoms with Crippen LogP contribution in [0.4, 0.5) is 13.2 Å². The van der Waals surface area contributed by atoms with Crippen LogP contribution < -0.4 is 28.5 Å². The first-order valence-corrected chi connectivity index (χ1v) is 5.61. The van der Waals surface area contributed by atoms with Crippen molar-refractivity contribution in [3.05, 3.63) is 65.5 Å². The van der Waals surface area contributed by atoms with Crippen molar-refractivity contribution in [2.45, 2.75) is 6.18 Å². The number of benzene rings is 1. The SMILES string of the molecule is C[n+]1ccccc1C#Cc1ccc(C(F)(F)F)cc1.[I-]. The van der Waals surface area contributed by atoms with Crippen LogP contribution in [0.5, 0.6) is 0 Å². The third kappa shape index (κ3) is 4.23. The highest BCUT2D eigenvalue weighted by Crippen LogP contribution is 2.28. The van der Waals surface area contributed by atoms with E-state index in [1.54, 1.807) is 0 Å². The van der Waals surface area contributed by atoms with Crippen LogP contribution in [-0.4, -0.2) is 0 Å². The zero-order chi connectivity index (χ0) is 13.9. The summed E-state index contributed by atoms with van der Waals surface area (Å²) in [5.74, 6) is 5.76. The molecule has 2 rings (SSSR count). The van der Waals surface area contributed by atoms with E-state index in [0.717, 1.165) is 17.8 Å². The highest BCUT2D eigenvalue weighted by Gasteiger charge is 2.29. The average molecular weight is 389 g/mol. The maximum Gasteiger partial charge on any atom is 0.416 e. The molecule has 0 aliphatic heterocycles. The monoisotopic (exact) mass is 389 g/mol. The number of nitrogens with zero attached hydrogens (tertiary/aromatic N) is 1. The molecule has 104 valence electrons. The minimum atomic E-state index is -4.31. The van der Waals surface area contributed by atoms with E-state index in [1.807, 2.05) is 36.0 Å². The van der Waals surface area contributed by atoms with Crippen molar-refractivity contribution >= 4 is 0 Å². The van der Waals surface area contributed by atoms with Crippen LogP contribution in [0.25, 0.3) is 0 Å². The van der Waals surface area contributed by atoms with Gasteiger partial charge in [0.1, 0.15) is 7.05 Å². The normalized spacial score (nSPS) is 10.2. The fraction of sp³-hybridized carbons (Fsp3) is 0.133. The molecule has 0 saturated carbocycles. The number of hydrogen-bond donors (Lipinski definition) is 0. The zero-order valence-electron chi connectivity index (χ0n) is 10.6. The lowest BCUT2D eigenvalue weighted by atomic mass is 10.1. The van der Waals surface area contributed by atoms with E-state index in [-0.39, 0.29) is 24.0 Å². The summed E-state index contributed by atoms with van der Waals surface area (Å²) in [7, 11) is 1.86. The number of alkyl halides is 3. The molecule has 0 N–H and O–H groups in total. The second-order valence-electron chi connectivity index (χ2n) is 4.02. The summed E-state index contributed by atoms with van der Waals surface area (Å²) in [6.45, 7) is 0. The van der Waals surface area contributed by atoms with Crippen LogP contribution >= 0.6 is 0 Å². The Labute approximate surface area is 132 Å². The van der Waals surface area contributed by atoms with Gasteiger partial charge in [0.15, 0.2) is 6.20 Å². The van der Waals surface area contributed by atoms with Crippen LogP contribution in [0.3, 0.4) is 0 Å². The predicted octanol–water partition coefficient (Wildman–Crippen LogP) is -0.0663. The van der Waals surface area contributed by atoms with Gasteiger partial charge < -0.3 is 24.0 Å². The summed E-state index contributed by atoms with van der Waals surface area (Å²) in [6, 6.07) is 10.4. The molecule has 0 amide bonds. The van der Waals surface area contributed by atoms with Gasteiger partial charge in [0.25, 0.3) is 5.69 Å². The molecule has 5 heteroatoms. The summed E-state index contributed by atoms with van der Waals surface area (Å²) in [6.07, 6.45) is -2.45. The molecule has 1 aromatic heterocycles. The van der Waals surface area contributed by atoms with Crippen molar-refractivity contribution in [3.63, 3.8) is 0 Å². The van der Waals surface area contributed by atoms with Gasteiger partial charge >= 0.3 is 6.18 Å².